The average Bonchev–Trinajstić information content (AvgIpc) is 2.72. The number of H-pyrrole nitrogens is 1. The van der Waals surface area contributed by atoms with Gasteiger partial charge in [-0.2, -0.15) is 4.31 Å². The van der Waals surface area contributed by atoms with E-state index in [1.165, 1.54) is 10.6 Å². The molecule has 1 fully saturated rings. The van der Waals surface area contributed by atoms with Crippen molar-refractivity contribution in [3.63, 3.8) is 0 Å². The van der Waals surface area contributed by atoms with E-state index < -0.39 is 10.0 Å². The molecule has 0 saturated carbocycles. The van der Waals surface area contributed by atoms with Crippen molar-refractivity contribution in [3.05, 3.63) is 12.0 Å². The Balaban J connectivity index is 2.37. The number of aryl methyl sites for hydroxylation is 1. The summed E-state index contributed by atoms with van der Waals surface area (Å²) >= 11 is 0. The van der Waals surface area contributed by atoms with Gasteiger partial charge in [0.25, 0.3) is 10.0 Å². The predicted octanol–water partition coefficient (Wildman–Crippen LogP) is 0.503. The fourth-order valence-electron chi connectivity index (χ4n) is 1.66. The van der Waals surface area contributed by atoms with Gasteiger partial charge in [-0.15, -0.1) is 0 Å². The minimum atomic E-state index is -3.34. The molecular weight excluding hydrogens is 202 g/mol. The smallest absolute Gasteiger partial charge is 0.262 e. The molecule has 0 radical (unpaired) electrons. The van der Waals surface area contributed by atoms with Gasteiger partial charge in [0.1, 0.15) is 0 Å². The minimum absolute atomic E-state index is 0.166. The number of aromatic nitrogens is 2. The number of rotatable bonds is 2. The van der Waals surface area contributed by atoms with Gasteiger partial charge >= 0.3 is 0 Å². The third kappa shape index (κ3) is 1.44. The van der Waals surface area contributed by atoms with E-state index in [4.69, 9.17) is 0 Å². The fourth-order valence-corrected chi connectivity index (χ4v) is 3.27. The van der Waals surface area contributed by atoms with E-state index in [-0.39, 0.29) is 5.03 Å². The van der Waals surface area contributed by atoms with Crippen LogP contribution in [-0.2, 0) is 10.0 Å². The molecule has 78 valence electrons. The first-order valence-corrected chi connectivity index (χ1v) is 6.06. The highest BCUT2D eigenvalue weighted by Crippen LogP contribution is 2.20. The summed E-state index contributed by atoms with van der Waals surface area (Å²) in [5, 5.41) is 0.166. The molecule has 2 rings (SSSR count). The number of nitrogens with one attached hydrogen (secondary N) is 1. The summed E-state index contributed by atoms with van der Waals surface area (Å²) in [6, 6.07) is 0. The van der Waals surface area contributed by atoms with Crippen molar-refractivity contribution in [1.82, 2.24) is 14.3 Å². The van der Waals surface area contributed by atoms with Crippen LogP contribution in [0.15, 0.2) is 11.4 Å². The Morgan fingerprint density at radius 2 is 2.07 bits per heavy atom. The Morgan fingerprint density at radius 3 is 2.57 bits per heavy atom. The Hall–Kier alpha value is -0.880. The van der Waals surface area contributed by atoms with Gasteiger partial charge in [0.2, 0.25) is 0 Å². The van der Waals surface area contributed by atoms with Crippen molar-refractivity contribution in [2.24, 2.45) is 0 Å². The lowest BCUT2D eigenvalue weighted by molar-refractivity contribution is 0.474. The summed E-state index contributed by atoms with van der Waals surface area (Å²) in [7, 11) is -3.34. The van der Waals surface area contributed by atoms with Gasteiger partial charge in [-0.25, -0.2) is 13.4 Å². The molecule has 0 aliphatic carbocycles. The van der Waals surface area contributed by atoms with Crippen LogP contribution in [0, 0.1) is 6.92 Å². The summed E-state index contributed by atoms with van der Waals surface area (Å²) < 4.78 is 25.4. The topological polar surface area (TPSA) is 66.1 Å². The summed E-state index contributed by atoms with van der Waals surface area (Å²) in [5.74, 6) is 0. The predicted molar refractivity (Wildman–Crippen MR) is 51.3 cm³/mol. The highest BCUT2D eigenvalue weighted by atomic mass is 32.2. The molecule has 1 aliphatic rings. The zero-order valence-corrected chi connectivity index (χ0v) is 8.84. The van der Waals surface area contributed by atoms with Gasteiger partial charge in [-0.3, -0.25) is 0 Å². The monoisotopic (exact) mass is 215 g/mol. The lowest BCUT2D eigenvalue weighted by atomic mass is 10.4. The minimum Gasteiger partial charge on any atom is -0.348 e. The van der Waals surface area contributed by atoms with Gasteiger partial charge in [0.05, 0.1) is 12.0 Å². The molecule has 0 unspecified atom stereocenters. The second-order valence-corrected chi connectivity index (χ2v) is 5.30. The summed E-state index contributed by atoms with van der Waals surface area (Å²) in [4.78, 5) is 6.63. The molecule has 1 aromatic rings. The van der Waals surface area contributed by atoms with Crippen molar-refractivity contribution in [3.8, 4) is 0 Å². The molecule has 0 aromatic carbocycles. The van der Waals surface area contributed by atoms with Crippen molar-refractivity contribution < 1.29 is 8.42 Å². The maximum Gasteiger partial charge on any atom is 0.262 e. The van der Waals surface area contributed by atoms with Gasteiger partial charge in [0.15, 0.2) is 5.03 Å². The second-order valence-electron chi connectivity index (χ2n) is 3.44. The fraction of sp³-hybridized carbons (Fsp3) is 0.625. The Morgan fingerprint density at radius 1 is 1.43 bits per heavy atom. The Kier molecular flexibility index (Phi) is 2.32. The van der Waals surface area contributed by atoms with Crippen LogP contribution in [0.5, 0.6) is 0 Å². The van der Waals surface area contributed by atoms with Crippen molar-refractivity contribution in [2.75, 3.05) is 13.1 Å². The van der Waals surface area contributed by atoms with E-state index in [9.17, 15) is 8.42 Å². The first-order valence-electron chi connectivity index (χ1n) is 4.62. The van der Waals surface area contributed by atoms with Crippen LogP contribution in [0.2, 0.25) is 0 Å². The number of nitrogens with zero attached hydrogens (tertiary/aromatic N) is 2. The van der Waals surface area contributed by atoms with Crippen LogP contribution < -0.4 is 0 Å². The number of imidazole rings is 1. The van der Waals surface area contributed by atoms with Crippen LogP contribution in [0.4, 0.5) is 0 Å². The van der Waals surface area contributed by atoms with E-state index in [1.54, 1.807) is 6.92 Å². The van der Waals surface area contributed by atoms with Gasteiger partial charge in [-0.1, -0.05) is 0 Å². The number of hydrogen-bond acceptors (Lipinski definition) is 3. The van der Waals surface area contributed by atoms with Gasteiger partial charge < -0.3 is 4.98 Å². The Bertz CT molecular complexity index is 418. The molecule has 14 heavy (non-hydrogen) atoms. The normalized spacial score (nSPS) is 18.9. The summed E-state index contributed by atoms with van der Waals surface area (Å²) in [6.07, 6.45) is 3.31. The van der Waals surface area contributed by atoms with E-state index in [1.807, 2.05) is 0 Å². The van der Waals surface area contributed by atoms with Crippen LogP contribution in [0.25, 0.3) is 0 Å². The quantitative estimate of drug-likeness (QED) is 0.781. The molecule has 2 heterocycles. The molecular formula is C8H13N3O2S. The first kappa shape index (κ1) is 9.67. The van der Waals surface area contributed by atoms with Crippen LogP contribution in [-0.4, -0.2) is 35.8 Å². The van der Waals surface area contributed by atoms with Crippen molar-refractivity contribution in [1.29, 1.82) is 0 Å². The summed E-state index contributed by atoms with van der Waals surface area (Å²) in [5.41, 5.74) is 0.608. The van der Waals surface area contributed by atoms with E-state index in [0.29, 0.717) is 18.8 Å². The lowest BCUT2D eigenvalue weighted by Gasteiger charge is -2.13. The van der Waals surface area contributed by atoms with E-state index >= 15 is 0 Å². The molecule has 0 amide bonds. The van der Waals surface area contributed by atoms with Crippen molar-refractivity contribution >= 4 is 10.0 Å². The highest BCUT2D eigenvalue weighted by molar-refractivity contribution is 7.89. The van der Waals surface area contributed by atoms with Crippen molar-refractivity contribution in [2.45, 2.75) is 24.8 Å². The Labute approximate surface area is 83.2 Å². The van der Waals surface area contributed by atoms with E-state index in [2.05, 4.69) is 9.97 Å². The molecule has 0 spiro atoms. The summed E-state index contributed by atoms with van der Waals surface area (Å²) in [6.45, 7) is 2.96. The lowest BCUT2D eigenvalue weighted by Crippen LogP contribution is -2.28. The molecule has 6 heteroatoms. The largest absolute Gasteiger partial charge is 0.348 e. The SMILES string of the molecule is Cc1[nH]cnc1S(=O)(=O)N1CCCC1. The zero-order valence-electron chi connectivity index (χ0n) is 8.02. The maximum atomic E-state index is 12.0. The molecule has 1 N–H and O–H groups in total. The molecule has 5 nitrogen and oxygen atoms in total. The molecule has 1 aromatic heterocycles. The molecule has 1 saturated heterocycles. The third-order valence-electron chi connectivity index (χ3n) is 2.43. The molecule has 0 atom stereocenters. The van der Waals surface area contributed by atoms with Crippen LogP contribution in [0.3, 0.4) is 0 Å². The molecule has 1 aliphatic heterocycles. The maximum absolute atomic E-state index is 12.0. The zero-order chi connectivity index (χ0) is 10.2. The van der Waals surface area contributed by atoms with Crippen LogP contribution in [0.1, 0.15) is 18.5 Å². The van der Waals surface area contributed by atoms with E-state index in [0.717, 1.165) is 12.8 Å². The van der Waals surface area contributed by atoms with Crippen LogP contribution >= 0.6 is 0 Å². The third-order valence-corrected chi connectivity index (χ3v) is 4.38. The number of sulfonamides is 1. The van der Waals surface area contributed by atoms with Gasteiger partial charge in [0, 0.05) is 13.1 Å². The van der Waals surface area contributed by atoms with Gasteiger partial charge in [-0.05, 0) is 19.8 Å². The average molecular weight is 215 g/mol. The number of aromatic amines is 1. The number of hydrogen-bond donors (Lipinski definition) is 1. The first-order chi connectivity index (χ1) is 6.62. The second kappa shape index (κ2) is 3.36. The highest BCUT2D eigenvalue weighted by Gasteiger charge is 2.29. The standard InChI is InChI=1S/C8H13N3O2S/c1-7-8(10-6-9-7)14(12,13)11-4-2-3-5-11/h6H,2-5H2,1H3,(H,9,10). The molecule has 0 bridgehead atoms.